The summed E-state index contributed by atoms with van der Waals surface area (Å²) < 4.78 is 14.9. The highest BCUT2D eigenvalue weighted by atomic mass is 32.1. The standard InChI is InChI=1S/C14H7FN2S.C14H7N3O2S/c15-14-6-4-11(8-16-14)2-1-10-3-5-13-12(7-10)17-9-18-13;18-17(19)14-6-4-11(8-15-14)2-1-10-3-5-13-12(7-10)16-9-20-13/h3-9H;3-9H/i15-1;. The maximum Gasteiger partial charge on any atom is 0.363 e. The molecule has 6 aromatic rings. The Morgan fingerprint density at radius 2 is 1.16 bits per heavy atom. The fourth-order valence-electron chi connectivity index (χ4n) is 3.18. The number of halogens is 1. The molecule has 2 aromatic carbocycles. The molecule has 0 N–H and O–H groups in total. The van der Waals surface area contributed by atoms with Crippen molar-refractivity contribution in [3.05, 3.63) is 122 Å². The van der Waals surface area contributed by atoms with Crippen LogP contribution in [0.4, 0.5) is 10.2 Å². The van der Waals surface area contributed by atoms with Gasteiger partial charge in [-0.15, -0.1) is 22.7 Å². The van der Waals surface area contributed by atoms with E-state index in [1.165, 1.54) is 24.5 Å². The third kappa shape index (κ3) is 6.20. The first-order chi connectivity index (χ1) is 18.5. The molecule has 182 valence electrons. The largest absolute Gasteiger partial charge is 0.363 e. The van der Waals surface area contributed by atoms with E-state index < -0.39 is 10.9 Å². The van der Waals surface area contributed by atoms with Crippen LogP contribution in [0.3, 0.4) is 0 Å². The average Bonchev–Trinajstić information content (AvgIpc) is 3.61. The maximum atomic E-state index is 12.6. The molecule has 10 heteroatoms. The summed E-state index contributed by atoms with van der Waals surface area (Å²) in [6.07, 6.45) is 2.82. The van der Waals surface area contributed by atoms with Gasteiger partial charge in [0.25, 0.3) is 0 Å². The lowest BCUT2D eigenvalue weighted by molar-refractivity contribution is -0.389. The molecule has 4 aromatic heterocycles. The first kappa shape index (κ1) is 24.7. The summed E-state index contributed by atoms with van der Waals surface area (Å²) in [6, 6.07) is 17.5. The van der Waals surface area contributed by atoms with Crippen molar-refractivity contribution in [2.45, 2.75) is 0 Å². The van der Waals surface area contributed by atoms with Gasteiger partial charge in [0.15, 0.2) is 6.20 Å². The van der Waals surface area contributed by atoms with Gasteiger partial charge in [-0.05, 0) is 64.5 Å². The molecule has 4 heterocycles. The third-order valence-corrected chi connectivity index (χ3v) is 6.65. The van der Waals surface area contributed by atoms with E-state index in [9.17, 15) is 14.5 Å². The molecule has 0 aliphatic carbocycles. The zero-order valence-corrected chi connectivity index (χ0v) is 21.0. The lowest BCUT2D eigenvalue weighted by atomic mass is 10.2. The van der Waals surface area contributed by atoms with Gasteiger partial charge in [-0.2, -0.15) is 4.39 Å². The first-order valence-electron chi connectivity index (χ1n) is 11.0. The van der Waals surface area contributed by atoms with Crippen molar-refractivity contribution in [1.29, 1.82) is 0 Å². The molecule has 0 spiro atoms. The molecular weight excluding hydrogens is 520 g/mol. The summed E-state index contributed by atoms with van der Waals surface area (Å²) in [7, 11) is 0. The monoisotopic (exact) mass is 534 g/mol. The lowest BCUT2D eigenvalue weighted by Crippen LogP contribution is -1.91. The lowest BCUT2D eigenvalue weighted by Gasteiger charge is -1.91. The van der Waals surface area contributed by atoms with E-state index >= 15 is 0 Å². The van der Waals surface area contributed by atoms with E-state index in [0.29, 0.717) is 11.1 Å². The molecular formula is C28H14FN5O2S2. The van der Waals surface area contributed by atoms with Crippen molar-refractivity contribution < 1.29 is 9.31 Å². The fraction of sp³-hybridized carbons (Fsp3) is 0. The van der Waals surface area contributed by atoms with Crippen molar-refractivity contribution in [3.8, 4) is 23.7 Å². The molecule has 7 nitrogen and oxygen atoms in total. The molecule has 0 saturated carbocycles. The molecule has 0 aliphatic rings. The summed E-state index contributed by atoms with van der Waals surface area (Å²) in [5.74, 6) is 11.2. The van der Waals surface area contributed by atoms with Crippen LogP contribution in [0.5, 0.6) is 0 Å². The number of thiazole rings is 2. The van der Waals surface area contributed by atoms with Gasteiger partial charge in [0.1, 0.15) is 0 Å². The number of aromatic nitrogens is 4. The van der Waals surface area contributed by atoms with Crippen LogP contribution in [0.25, 0.3) is 20.4 Å². The van der Waals surface area contributed by atoms with Crippen LogP contribution >= 0.6 is 22.7 Å². The van der Waals surface area contributed by atoms with Crippen LogP contribution in [-0.4, -0.2) is 24.9 Å². The van der Waals surface area contributed by atoms with Crippen LogP contribution < -0.4 is 0 Å². The highest BCUT2D eigenvalue weighted by Gasteiger charge is 2.04. The Morgan fingerprint density at radius 3 is 1.63 bits per heavy atom. The topological polar surface area (TPSA) is 94.7 Å². The van der Waals surface area contributed by atoms with Crippen molar-refractivity contribution in [2.24, 2.45) is 0 Å². The summed E-state index contributed by atoms with van der Waals surface area (Å²) >= 11 is 3.18. The summed E-state index contributed by atoms with van der Waals surface area (Å²) in [6.45, 7) is 0. The second kappa shape index (κ2) is 11.4. The molecule has 0 unspecified atom stereocenters. The van der Waals surface area contributed by atoms with Gasteiger partial charge < -0.3 is 10.1 Å². The third-order valence-electron chi connectivity index (χ3n) is 5.03. The van der Waals surface area contributed by atoms with Gasteiger partial charge in [-0.25, -0.2) is 15.0 Å². The van der Waals surface area contributed by atoms with E-state index in [-0.39, 0.29) is 5.82 Å². The minimum atomic E-state index is -0.534. The van der Waals surface area contributed by atoms with E-state index in [1.54, 1.807) is 40.3 Å². The molecule has 0 amide bonds. The van der Waals surface area contributed by atoms with Crippen LogP contribution in [0.1, 0.15) is 22.3 Å². The Hall–Kier alpha value is -5.03. The quantitative estimate of drug-likeness (QED) is 0.107. The molecule has 0 fully saturated rings. The second-order valence-electron chi connectivity index (χ2n) is 7.60. The number of fused-ring (bicyclic) bond motifs is 2. The van der Waals surface area contributed by atoms with Crippen molar-refractivity contribution >= 4 is 48.9 Å². The van der Waals surface area contributed by atoms with Crippen molar-refractivity contribution in [1.82, 2.24) is 19.9 Å². The number of pyridine rings is 2. The molecule has 0 saturated heterocycles. The van der Waals surface area contributed by atoms with Gasteiger partial charge in [0, 0.05) is 29.0 Å². The minimum Gasteiger partial charge on any atom is -0.358 e. The number of benzene rings is 2. The Balaban J connectivity index is 0.000000156. The SMILES string of the molecule is O=[N+]([O-])c1ccc(C#Cc2ccc3scnc3c2)cn1.[18F]c1ccc(C#Cc2ccc3scnc3c2)cn1. The summed E-state index contributed by atoms with van der Waals surface area (Å²) in [5.41, 5.74) is 8.53. The number of rotatable bonds is 1. The predicted octanol–water partition coefficient (Wildman–Crippen LogP) is 6.23. The van der Waals surface area contributed by atoms with E-state index in [2.05, 4.69) is 43.6 Å². The number of hydrogen-bond donors (Lipinski definition) is 0. The van der Waals surface area contributed by atoms with Crippen molar-refractivity contribution in [3.63, 3.8) is 0 Å². The van der Waals surface area contributed by atoms with E-state index in [4.69, 9.17) is 0 Å². The van der Waals surface area contributed by atoms with Gasteiger partial charge in [0.2, 0.25) is 5.95 Å². The van der Waals surface area contributed by atoms with Crippen molar-refractivity contribution in [2.75, 3.05) is 0 Å². The zero-order valence-electron chi connectivity index (χ0n) is 19.3. The fourth-order valence-corrected chi connectivity index (χ4v) is 4.50. The first-order valence-corrected chi connectivity index (χ1v) is 12.7. The van der Waals surface area contributed by atoms with Gasteiger partial charge in [-0.1, -0.05) is 23.7 Å². The van der Waals surface area contributed by atoms with E-state index in [0.717, 1.165) is 31.6 Å². The predicted molar refractivity (Wildman–Crippen MR) is 146 cm³/mol. The highest BCUT2D eigenvalue weighted by molar-refractivity contribution is 7.17. The number of nitrogens with zero attached hydrogens (tertiary/aromatic N) is 5. The normalized spacial score (nSPS) is 10.0. The molecule has 0 bridgehead atoms. The Labute approximate surface area is 223 Å². The van der Waals surface area contributed by atoms with Crippen LogP contribution in [0.15, 0.2) is 84.1 Å². The molecule has 0 radical (unpaired) electrons. The Bertz CT molecular complexity index is 1880. The zero-order chi connectivity index (χ0) is 26.3. The smallest absolute Gasteiger partial charge is 0.358 e. The summed E-state index contributed by atoms with van der Waals surface area (Å²) in [4.78, 5) is 25.7. The van der Waals surface area contributed by atoms with Gasteiger partial charge in [0.05, 0.1) is 37.0 Å². The Kier molecular flexibility index (Phi) is 7.37. The second-order valence-corrected chi connectivity index (χ2v) is 9.37. The summed E-state index contributed by atoms with van der Waals surface area (Å²) in [5, 5.41) is 10.5. The van der Waals surface area contributed by atoms with E-state index in [1.807, 2.05) is 41.9 Å². The van der Waals surface area contributed by atoms with Crippen LogP contribution in [0.2, 0.25) is 0 Å². The van der Waals surface area contributed by atoms with Gasteiger partial charge >= 0.3 is 5.82 Å². The highest BCUT2D eigenvalue weighted by Crippen LogP contribution is 2.19. The minimum absolute atomic E-state index is 0.181. The van der Waals surface area contributed by atoms with Crippen LogP contribution in [0, 0.1) is 39.7 Å². The average molecular weight is 535 g/mol. The molecule has 6 rings (SSSR count). The maximum absolute atomic E-state index is 12.6. The Morgan fingerprint density at radius 1 is 0.658 bits per heavy atom. The molecule has 0 aliphatic heterocycles. The molecule has 0 atom stereocenters. The molecule has 38 heavy (non-hydrogen) atoms. The number of nitro groups is 1. The van der Waals surface area contributed by atoms with Gasteiger partial charge in [-0.3, -0.25) is 0 Å². The van der Waals surface area contributed by atoms with Crippen LogP contribution in [-0.2, 0) is 0 Å². The number of hydrogen-bond acceptors (Lipinski definition) is 8.